The second kappa shape index (κ2) is 8.92. The van der Waals surface area contributed by atoms with E-state index in [-0.39, 0.29) is 23.0 Å². The first-order chi connectivity index (χ1) is 9.36. The fourth-order valence-corrected chi connectivity index (χ4v) is 1.57. The Hall–Kier alpha value is -2.09. The maximum absolute atomic E-state index is 11.6. The van der Waals surface area contributed by atoms with Gasteiger partial charge in [-0.05, 0) is 12.1 Å². The first kappa shape index (κ1) is 16.0. The van der Waals surface area contributed by atoms with Crippen LogP contribution in [0.3, 0.4) is 0 Å². The molecule has 3 aromatic carbocycles. The molecule has 0 atom stereocenters. The summed E-state index contributed by atoms with van der Waals surface area (Å²) in [6.07, 6.45) is 0. The van der Waals surface area contributed by atoms with Crippen molar-refractivity contribution in [1.82, 2.24) is 0 Å². The van der Waals surface area contributed by atoms with E-state index in [1.165, 1.54) is 0 Å². The van der Waals surface area contributed by atoms with Crippen LogP contribution >= 0.6 is 0 Å². The number of amides is 1. The largest absolute Gasteiger partial charge is 0.748 e. The van der Waals surface area contributed by atoms with E-state index in [9.17, 15) is 4.79 Å². The van der Waals surface area contributed by atoms with Crippen LogP contribution in [0.15, 0.2) is 84.9 Å². The van der Waals surface area contributed by atoms with Crippen LogP contribution < -0.4 is 5.32 Å². The Kier molecular flexibility index (Phi) is 7.12. The quantitative estimate of drug-likeness (QED) is 0.561. The molecule has 2 nitrogen and oxygen atoms in total. The van der Waals surface area contributed by atoms with Gasteiger partial charge in [0.2, 0.25) is 0 Å². The molecule has 0 saturated heterocycles. The van der Waals surface area contributed by atoms with Gasteiger partial charge in [0.05, 0.1) is 0 Å². The summed E-state index contributed by atoms with van der Waals surface area (Å²) in [5.74, 6) is -0.0683. The number of hydrogen-bond acceptors (Lipinski definition) is 1. The Morgan fingerprint density at radius 1 is 0.850 bits per heavy atom. The molecule has 1 N–H and O–H groups in total. The number of carbonyl (C=O) groups excluding carboxylic acids is 1. The SMILES string of the molecule is O=C(Nc1ccccc1)[c-]1cccc1.[Fe].[cH-]1[cH-][cH-][cH-][cH-]1. The molecule has 0 aliphatic rings. The summed E-state index contributed by atoms with van der Waals surface area (Å²) in [5, 5.41) is 2.81. The summed E-state index contributed by atoms with van der Waals surface area (Å²) in [4.78, 5) is 11.6. The molecule has 0 aromatic heterocycles. The topological polar surface area (TPSA) is 29.1 Å². The molecule has 0 aliphatic carbocycles. The van der Waals surface area contributed by atoms with Gasteiger partial charge in [0.1, 0.15) is 0 Å². The van der Waals surface area contributed by atoms with Crippen LogP contribution in [-0.2, 0) is 17.1 Å². The Morgan fingerprint density at radius 3 is 1.85 bits per heavy atom. The summed E-state index contributed by atoms with van der Waals surface area (Å²) in [6, 6.07) is 26.7. The van der Waals surface area contributed by atoms with Crippen LogP contribution in [0.1, 0.15) is 10.4 Å². The third kappa shape index (κ3) is 5.27. The van der Waals surface area contributed by atoms with Crippen molar-refractivity contribution in [2.24, 2.45) is 0 Å². The predicted molar refractivity (Wildman–Crippen MR) is 78.5 cm³/mol. The number of rotatable bonds is 2. The standard InChI is InChI=1S/C12H10NO.C5H5.Fe/c14-12(10-6-4-5-7-10)13-11-8-2-1-3-9-11;1-2-4-5-3-1;/h1-9H,(H,13,14);1-5H;/q-1;-5;. The van der Waals surface area contributed by atoms with E-state index in [0.29, 0.717) is 5.56 Å². The fraction of sp³-hybridized carbons (Fsp3) is 0. The summed E-state index contributed by atoms with van der Waals surface area (Å²) in [5.41, 5.74) is 1.51. The smallest absolute Gasteiger partial charge is 0.199 e. The Balaban J connectivity index is 0.000000283. The molecule has 1 amide bonds. The minimum Gasteiger partial charge on any atom is -0.748 e. The van der Waals surface area contributed by atoms with Gasteiger partial charge in [0, 0.05) is 22.8 Å². The van der Waals surface area contributed by atoms with E-state index in [1.807, 2.05) is 72.8 Å². The van der Waals surface area contributed by atoms with Crippen LogP contribution in [0.2, 0.25) is 0 Å². The summed E-state index contributed by atoms with van der Waals surface area (Å²) in [7, 11) is 0. The number of nitrogens with one attached hydrogen (secondary N) is 1. The molecular weight excluding hydrogens is 290 g/mol. The predicted octanol–water partition coefficient (Wildman–Crippen LogP) is 4.06. The maximum atomic E-state index is 11.6. The fourth-order valence-electron chi connectivity index (χ4n) is 1.57. The van der Waals surface area contributed by atoms with Gasteiger partial charge in [-0.25, -0.2) is 12.1 Å². The van der Waals surface area contributed by atoms with Gasteiger partial charge in [-0.3, -0.25) is 4.79 Å². The molecule has 0 bridgehead atoms. The van der Waals surface area contributed by atoms with Crippen LogP contribution in [0.4, 0.5) is 5.69 Å². The van der Waals surface area contributed by atoms with Gasteiger partial charge in [-0.1, -0.05) is 23.8 Å². The van der Waals surface area contributed by atoms with Crippen molar-refractivity contribution in [3.63, 3.8) is 0 Å². The first-order valence-corrected chi connectivity index (χ1v) is 6.11. The Morgan fingerprint density at radius 2 is 1.35 bits per heavy atom. The van der Waals surface area contributed by atoms with E-state index < -0.39 is 0 Å². The Bertz CT molecular complexity index is 554. The summed E-state index contributed by atoms with van der Waals surface area (Å²) in [6.45, 7) is 0. The van der Waals surface area contributed by atoms with E-state index in [4.69, 9.17) is 0 Å². The molecule has 20 heavy (non-hydrogen) atoms. The molecule has 0 heterocycles. The van der Waals surface area contributed by atoms with E-state index >= 15 is 0 Å². The van der Waals surface area contributed by atoms with Crippen LogP contribution in [0.5, 0.6) is 0 Å². The van der Waals surface area contributed by atoms with Gasteiger partial charge >= 0.3 is 0 Å². The zero-order valence-corrected chi connectivity index (χ0v) is 11.9. The second-order valence-corrected chi connectivity index (χ2v) is 3.96. The average Bonchev–Trinajstić information content (AvgIpc) is 3.16. The molecule has 3 aromatic rings. The first-order valence-electron chi connectivity index (χ1n) is 6.11. The molecule has 0 spiro atoms. The number of para-hydroxylation sites is 1. The monoisotopic (exact) mass is 305 g/mol. The van der Waals surface area contributed by atoms with Gasteiger partial charge < -0.3 is 35.6 Å². The molecule has 0 unspecified atom stereocenters. The summed E-state index contributed by atoms with van der Waals surface area (Å²) >= 11 is 0. The summed E-state index contributed by atoms with van der Waals surface area (Å²) < 4.78 is 0. The van der Waals surface area contributed by atoms with Gasteiger partial charge in [0.15, 0.2) is 5.91 Å². The van der Waals surface area contributed by atoms with Crippen molar-refractivity contribution in [2.45, 2.75) is 0 Å². The zero-order valence-electron chi connectivity index (χ0n) is 10.8. The molecule has 3 rings (SSSR count). The maximum Gasteiger partial charge on any atom is 0.199 e. The van der Waals surface area contributed by atoms with Crippen LogP contribution in [0.25, 0.3) is 0 Å². The van der Waals surface area contributed by atoms with E-state index in [2.05, 4.69) is 5.32 Å². The van der Waals surface area contributed by atoms with Gasteiger partial charge in [-0.15, -0.1) is 0 Å². The third-order valence-electron chi connectivity index (χ3n) is 2.51. The third-order valence-corrected chi connectivity index (χ3v) is 2.51. The van der Waals surface area contributed by atoms with Crippen molar-refractivity contribution < 1.29 is 21.9 Å². The molecule has 0 aliphatic heterocycles. The molecule has 3 heteroatoms. The number of benzene rings is 1. The number of hydrogen-bond donors (Lipinski definition) is 1. The minimum atomic E-state index is -0.0683. The molecule has 0 saturated carbocycles. The van der Waals surface area contributed by atoms with Crippen molar-refractivity contribution in [3.05, 3.63) is 90.5 Å². The van der Waals surface area contributed by atoms with Gasteiger partial charge in [-0.2, -0.15) is 12.1 Å². The van der Waals surface area contributed by atoms with E-state index in [1.54, 1.807) is 12.1 Å². The van der Waals surface area contributed by atoms with Crippen LogP contribution in [0, 0.1) is 0 Å². The molecule has 0 radical (unpaired) electrons. The molecule has 0 fully saturated rings. The number of carbonyl (C=O) groups is 1. The Labute approximate surface area is 129 Å². The second-order valence-electron chi connectivity index (χ2n) is 3.96. The molecule has 108 valence electrons. The van der Waals surface area contributed by atoms with Gasteiger partial charge in [0.25, 0.3) is 0 Å². The van der Waals surface area contributed by atoms with Crippen LogP contribution in [-0.4, -0.2) is 5.91 Å². The van der Waals surface area contributed by atoms with E-state index in [0.717, 1.165) is 5.69 Å². The van der Waals surface area contributed by atoms with Crippen molar-refractivity contribution in [3.8, 4) is 0 Å². The van der Waals surface area contributed by atoms with Crippen molar-refractivity contribution in [2.75, 3.05) is 5.32 Å². The minimum absolute atomic E-state index is 0. The normalized spacial score (nSPS) is 8.80. The van der Waals surface area contributed by atoms with Crippen molar-refractivity contribution >= 4 is 11.6 Å². The zero-order chi connectivity index (χ0) is 13.3. The van der Waals surface area contributed by atoms with Crippen molar-refractivity contribution in [1.29, 1.82) is 0 Å². The average molecular weight is 305 g/mol. The molecular formula is C17H15FeNO-6. The number of anilines is 1.